The summed E-state index contributed by atoms with van der Waals surface area (Å²) in [6.45, 7) is 7.42. The minimum absolute atomic E-state index is 0.0463. The molecule has 0 amide bonds. The summed E-state index contributed by atoms with van der Waals surface area (Å²) in [5.41, 5.74) is 1.62. The predicted molar refractivity (Wildman–Crippen MR) is 143 cm³/mol. The van der Waals surface area contributed by atoms with Gasteiger partial charge >= 0.3 is 0 Å². The van der Waals surface area contributed by atoms with Crippen molar-refractivity contribution in [3.63, 3.8) is 0 Å². The van der Waals surface area contributed by atoms with Crippen LogP contribution in [0.3, 0.4) is 0 Å². The largest absolute Gasteiger partial charge is 0.482 e. The Bertz CT molecular complexity index is 1440. The van der Waals surface area contributed by atoms with Crippen molar-refractivity contribution in [2.45, 2.75) is 45.4 Å². The van der Waals surface area contributed by atoms with Gasteiger partial charge in [0.25, 0.3) is 10.9 Å². The van der Waals surface area contributed by atoms with Gasteiger partial charge in [0.2, 0.25) is 0 Å². The smallest absolute Gasteiger partial charge is 0.272 e. The molecular formula is C29H28ClFN2O3. The van der Waals surface area contributed by atoms with Crippen molar-refractivity contribution in [3.8, 4) is 5.75 Å². The van der Waals surface area contributed by atoms with Crippen LogP contribution in [-0.2, 0) is 0 Å². The molecule has 0 aliphatic carbocycles. The van der Waals surface area contributed by atoms with Crippen molar-refractivity contribution >= 4 is 23.0 Å². The van der Waals surface area contributed by atoms with Crippen LogP contribution in [0, 0.1) is 5.82 Å². The molecule has 0 aromatic heterocycles. The normalized spacial score (nSPS) is 13.4. The van der Waals surface area contributed by atoms with Crippen LogP contribution in [0.15, 0.2) is 82.4 Å². The Morgan fingerprint density at radius 1 is 0.861 bits per heavy atom. The zero-order valence-corrected chi connectivity index (χ0v) is 21.3. The van der Waals surface area contributed by atoms with Gasteiger partial charge in [0, 0.05) is 16.8 Å². The lowest BCUT2D eigenvalue weighted by Gasteiger charge is -2.26. The van der Waals surface area contributed by atoms with E-state index in [0.717, 1.165) is 16.7 Å². The van der Waals surface area contributed by atoms with Gasteiger partial charge in [0.1, 0.15) is 17.1 Å². The Kier molecular flexibility index (Phi) is 7.29. The number of halogens is 2. The van der Waals surface area contributed by atoms with Crippen molar-refractivity contribution in [2.75, 3.05) is 5.32 Å². The fraction of sp³-hybridized carbons (Fsp3) is 0.241. The minimum Gasteiger partial charge on any atom is -0.482 e. The molecular weight excluding hydrogens is 479 g/mol. The highest BCUT2D eigenvalue weighted by Crippen LogP contribution is 2.31. The molecule has 2 atom stereocenters. The summed E-state index contributed by atoms with van der Waals surface area (Å²) in [4.78, 5) is 24.3. The summed E-state index contributed by atoms with van der Waals surface area (Å²) in [5.74, 6) is -0.248. The van der Waals surface area contributed by atoms with Crippen LogP contribution in [0.4, 0.5) is 15.8 Å². The second kappa shape index (κ2) is 10.2. The van der Waals surface area contributed by atoms with E-state index in [9.17, 15) is 14.0 Å². The van der Waals surface area contributed by atoms with Gasteiger partial charge in [0.15, 0.2) is 5.75 Å². The monoisotopic (exact) mass is 506 g/mol. The van der Waals surface area contributed by atoms with Crippen molar-refractivity contribution < 1.29 is 9.13 Å². The topological polar surface area (TPSA) is 67.4 Å². The first-order chi connectivity index (χ1) is 17.0. The molecule has 0 heterocycles. The van der Waals surface area contributed by atoms with Gasteiger partial charge in [-0.25, -0.2) is 4.39 Å². The molecule has 0 bridgehead atoms. The summed E-state index contributed by atoms with van der Waals surface area (Å²) >= 11 is 6.12. The maximum Gasteiger partial charge on any atom is 0.272 e. The lowest BCUT2D eigenvalue weighted by atomic mass is 9.96. The van der Waals surface area contributed by atoms with Gasteiger partial charge < -0.3 is 10.1 Å². The maximum absolute atomic E-state index is 13.8. The molecule has 4 rings (SSSR count). The quantitative estimate of drug-likeness (QED) is 0.269. The fourth-order valence-electron chi connectivity index (χ4n) is 3.99. The predicted octanol–water partition coefficient (Wildman–Crippen LogP) is 6.44. The Balaban J connectivity index is 1.66. The van der Waals surface area contributed by atoms with Crippen LogP contribution in [0.2, 0.25) is 5.02 Å². The van der Waals surface area contributed by atoms with Gasteiger partial charge in [0.05, 0.1) is 6.04 Å². The molecule has 0 aliphatic rings. The highest BCUT2D eigenvalue weighted by molar-refractivity contribution is 6.30. The maximum atomic E-state index is 13.8. The zero-order chi connectivity index (χ0) is 26.0. The number of benzene rings is 3. The summed E-state index contributed by atoms with van der Waals surface area (Å²) in [5, 5.41) is 7.27. The Hall–Kier alpha value is -3.48. The van der Waals surface area contributed by atoms with Crippen LogP contribution in [-0.4, -0.2) is 5.60 Å². The van der Waals surface area contributed by atoms with Gasteiger partial charge in [-0.1, -0.05) is 48.0 Å². The second-order valence-electron chi connectivity index (χ2n) is 9.76. The van der Waals surface area contributed by atoms with E-state index in [4.69, 9.17) is 16.3 Å². The number of ether oxygens (including phenoxy) is 1. The van der Waals surface area contributed by atoms with E-state index in [0.29, 0.717) is 10.7 Å². The first-order valence-electron chi connectivity index (χ1n) is 11.7. The van der Waals surface area contributed by atoms with Crippen molar-refractivity contribution in [3.05, 3.63) is 121 Å². The fourth-order valence-corrected chi connectivity index (χ4v) is 4.12. The average Bonchev–Trinajstić information content (AvgIpc) is 2.84. The first-order valence-corrected chi connectivity index (χ1v) is 12.1. The van der Waals surface area contributed by atoms with Gasteiger partial charge in [-0.15, -0.1) is 0 Å². The van der Waals surface area contributed by atoms with Gasteiger partial charge in [-0.2, -0.15) is 0 Å². The molecule has 36 heavy (non-hydrogen) atoms. The molecule has 4 aromatic carbocycles. The zero-order valence-electron chi connectivity index (χ0n) is 20.6. The molecule has 5 nitrogen and oxygen atoms in total. The summed E-state index contributed by atoms with van der Waals surface area (Å²) < 4.78 is 19.5. The number of anilines is 2. The SMILES string of the molecule is C[C@@H](NC(c1ccc(Cl)cc1)c1cccc(Nc2c(OC(C)(C)C)c(=O)c2=O)c1)c1cccc(F)c1. The lowest BCUT2D eigenvalue weighted by Crippen LogP contribution is -2.39. The summed E-state index contributed by atoms with van der Waals surface area (Å²) in [7, 11) is 0. The highest BCUT2D eigenvalue weighted by atomic mass is 35.5. The molecule has 0 fully saturated rings. The molecule has 0 aliphatic heterocycles. The standard InChI is InChI=1S/C29H28ClFN2O3/c1-17(19-7-5-9-22(31)15-19)32-24(18-11-13-21(30)14-12-18)20-8-6-10-23(16-20)33-25-26(34)27(35)28(25)36-29(2,3)4/h5-17,24,32-33H,1-4H3/t17-,24?/m1/s1. The first kappa shape index (κ1) is 25.6. The minimum atomic E-state index is -0.631. The van der Waals surface area contributed by atoms with Crippen LogP contribution in [0.5, 0.6) is 5.75 Å². The molecule has 0 saturated heterocycles. The third kappa shape index (κ3) is 5.83. The number of nitrogens with one attached hydrogen (secondary N) is 2. The van der Waals surface area contributed by atoms with Gasteiger partial charge in [-0.05, 0) is 80.8 Å². The van der Waals surface area contributed by atoms with E-state index in [1.54, 1.807) is 6.07 Å². The molecule has 186 valence electrons. The molecule has 2 N–H and O–H groups in total. The Morgan fingerprint density at radius 3 is 2.19 bits per heavy atom. The molecule has 0 saturated carbocycles. The van der Waals surface area contributed by atoms with Crippen LogP contribution in [0.1, 0.15) is 56.5 Å². The van der Waals surface area contributed by atoms with Crippen molar-refractivity contribution in [2.24, 2.45) is 0 Å². The molecule has 7 heteroatoms. The van der Waals surface area contributed by atoms with Crippen molar-refractivity contribution in [1.29, 1.82) is 0 Å². The Morgan fingerprint density at radius 2 is 1.53 bits per heavy atom. The third-order valence-electron chi connectivity index (χ3n) is 5.73. The van der Waals surface area contributed by atoms with E-state index in [1.807, 2.05) is 82.3 Å². The molecule has 1 unspecified atom stereocenters. The van der Waals surface area contributed by atoms with E-state index in [-0.39, 0.29) is 29.3 Å². The lowest BCUT2D eigenvalue weighted by molar-refractivity contribution is 0.128. The van der Waals surface area contributed by atoms with E-state index in [2.05, 4.69) is 10.6 Å². The average molecular weight is 507 g/mol. The van der Waals surface area contributed by atoms with Crippen LogP contribution >= 0.6 is 11.6 Å². The third-order valence-corrected chi connectivity index (χ3v) is 5.98. The van der Waals surface area contributed by atoms with Crippen LogP contribution in [0.25, 0.3) is 0 Å². The summed E-state index contributed by atoms with van der Waals surface area (Å²) in [6.07, 6.45) is 0. The number of hydrogen-bond donors (Lipinski definition) is 2. The van der Waals surface area contributed by atoms with E-state index < -0.39 is 16.5 Å². The molecule has 0 radical (unpaired) electrons. The molecule has 0 spiro atoms. The number of rotatable bonds is 8. The molecule has 4 aromatic rings. The second-order valence-corrected chi connectivity index (χ2v) is 10.2. The van der Waals surface area contributed by atoms with Crippen molar-refractivity contribution in [1.82, 2.24) is 5.32 Å². The van der Waals surface area contributed by atoms with E-state index >= 15 is 0 Å². The van der Waals surface area contributed by atoms with Gasteiger partial charge in [-0.3, -0.25) is 14.9 Å². The van der Waals surface area contributed by atoms with Crippen LogP contribution < -0.4 is 26.2 Å². The summed E-state index contributed by atoms with van der Waals surface area (Å²) in [6, 6.07) is 21.1. The highest BCUT2D eigenvalue weighted by Gasteiger charge is 2.27. The van der Waals surface area contributed by atoms with E-state index in [1.165, 1.54) is 12.1 Å². The number of hydrogen-bond acceptors (Lipinski definition) is 5. The Labute approximate surface area is 214 Å².